The number of hydrogen-bond donors (Lipinski definition) is 1. The Morgan fingerprint density at radius 3 is 3.04 bits per heavy atom. The van der Waals surface area contributed by atoms with Crippen LogP contribution in [0.25, 0.3) is 0 Å². The molecule has 23 heavy (non-hydrogen) atoms. The van der Waals surface area contributed by atoms with Crippen molar-refractivity contribution >= 4 is 5.91 Å². The SMILES string of the molecule is CN(CCC#N)C(=O)CCN1CC(O)CC1c1cccc(F)c1. The van der Waals surface area contributed by atoms with E-state index in [-0.39, 0.29) is 17.8 Å². The summed E-state index contributed by atoms with van der Waals surface area (Å²) in [4.78, 5) is 15.6. The molecule has 124 valence electrons. The van der Waals surface area contributed by atoms with Crippen molar-refractivity contribution in [3.63, 3.8) is 0 Å². The lowest BCUT2D eigenvalue weighted by molar-refractivity contribution is -0.130. The second kappa shape index (κ2) is 8.04. The van der Waals surface area contributed by atoms with Gasteiger partial charge in [0, 0.05) is 39.1 Å². The van der Waals surface area contributed by atoms with E-state index in [4.69, 9.17) is 5.26 Å². The predicted octanol–water partition coefficient (Wildman–Crippen LogP) is 1.70. The van der Waals surface area contributed by atoms with Crippen molar-refractivity contribution in [2.45, 2.75) is 31.4 Å². The molecule has 0 aromatic heterocycles. The summed E-state index contributed by atoms with van der Waals surface area (Å²) in [5.41, 5.74) is 0.826. The zero-order chi connectivity index (χ0) is 16.8. The number of likely N-dealkylation sites (tertiary alicyclic amines) is 1. The number of aliphatic hydroxyl groups is 1. The minimum Gasteiger partial charge on any atom is -0.392 e. The zero-order valence-corrected chi connectivity index (χ0v) is 13.3. The van der Waals surface area contributed by atoms with E-state index in [1.54, 1.807) is 18.0 Å². The lowest BCUT2D eigenvalue weighted by Crippen LogP contribution is -2.33. The van der Waals surface area contributed by atoms with Gasteiger partial charge in [-0.2, -0.15) is 5.26 Å². The van der Waals surface area contributed by atoms with Crippen molar-refractivity contribution in [1.29, 1.82) is 5.26 Å². The van der Waals surface area contributed by atoms with Gasteiger partial charge in [0.05, 0.1) is 18.6 Å². The quantitative estimate of drug-likeness (QED) is 0.866. The molecule has 1 heterocycles. The van der Waals surface area contributed by atoms with Crippen molar-refractivity contribution in [3.05, 3.63) is 35.6 Å². The monoisotopic (exact) mass is 319 g/mol. The van der Waals surface area contributed by atoms with E-state index in [9.17, 15) is 14.3 Å². The molecule has 1 aromatic rings. The first-order valence-corrected chi connectivity index (χ1v) is 7.79. The number of amides is 1. The van der Waals surface area contributed by atoms with Crippen LogP contribution in [-0.4, -0.2) is 53.6 Å². The van der Waals surface area contributed by atoms with Gasteiger partial charge in [0.2, 0.25) is 5.91 Å². The summed E-state index contributed by atoms with van der Waals surface area (Å²) >= 11 is 0. The molecule has 1 aliphatic heterocycles. The number of rotatable bonds is 6. The first-order valence-electron chi connectivity index (χ1n) is 7.79. The number of carbonyl (C=O) groups is 1. The van der Waals surface area contributed by atoms with Crippen LogP contribution in [0.1, 0.15) is 30.9 Å². The topological polar surface area (TPSA) is 67.6 Å². The number of aliphatic hydroxyl groups excluding tert-OH is 1. The predicted molar refractivity (Wildman–Crippen MR) is 83.8 cm³/mol. The molecule has 1 aromatic carbocycles. The van der Waals surface area contributed by atoms with Gasteiger partial charge in [0.25, 0.3) is 0 Å². The van der Waals surface area contributed by atoms with Gasteiger partial charge in [-0.15, -0.1) is 0 Å². The molecule has 1 amide bonds. The highest BCUT2D eigenvalue weighted by Crippen LogP contribution is 2.32. The Morgan fingerprint density at radius 1 is 1.57 bits per heavy atom. The number of nitrogens with zero attached hydrogens (tertiary/aromatic N) is 3. The summed E-state index contributed by atoms with van der Waals surface area (Å²) in [7, 11) is 1.68. The molecule has 0 saturated carbocycles. The Kier molecular flexibility index (Phi) is 6.08. The van der Waals surface area contributed by atoms with E-state index in [1.807, 2.05) is 17.0 Å². The van der Waals surface area contributed by atoms with E-state index >= 15 is 0 Å². The summed E-state index contributed by atoms with van der Waals surface area (Å²) in [6.45, 7) is 1.41. The van der Waals surface area contributed by atoms with Gasteiger partial charge >= 0.3 is 0 Å². The Hall–Kier alpha value is -1.97. The fourth-order valence-corrected chi connectivity index (χ4v) is 2.96. The van der Waals surface area contributed by atoms with Crippen molar-refractivity contribution in [3.8, 4) is 6.07 Å². The smallest absolute Gasteiger partial charge is 0.223 e. The van der Waals surface area contributed by atoms with E-state index in [0.29, 0.717) is 38.9 Å². The van der Waals surface area contributed by atoms with Crippen molar-refractivity contribution < 1.29 is 14.3 Å². The van der Waals surface area contributed by atoms with Crippen LogP contribution in [-0.2, 0) is 4.79 Å². The second-order valence-electron chi connectivity index (χ2n) is 5.93. The molecule has 0 bridgehead atoms. The van der Waals surface area contributed by atoms with E-state index in [0.717, 1.165) is 5.56 Å². The van der Waals surface area contributed by atoms with E-state index in [1.165, 1.54) is 12.1 Å². The molecule has 2 rings (SSSR count). The van der Waals surface area contributed by atoms with Crippen LogP contribution in [0, 0.1) is 17.1 Å². The molecule has 2 unspecified atom stereocenters. The van der Waals surface area contributed by atoms with Gasteiger partial charge in [0.1, 0.15) is 5.82 Å². The lowest BCUT2D eigenvalue weighted by Gasteiger charge is -2.25. The molecule has 2 atom stereocenters. The summed E-state index contributed by atoms with van der Waals surface area (Å²) in [5, 5.41) is 18.5. The second-order valence-corrected chi connectivity index (χ2v) is 5.93. The molecule has 0 radical (unpaired) electrons. The lowest BCUT2D eigenvalue weighted by atomic mass is 10.0. The fourth-order valence-electron chi connectivity index (χ4n) is 2.96. The number of carbonyl (C=O) groups excluding carboxylic acids is 1. The molecule has 1 aliphatic rings. The summed E-state index contributed by atoms with van der Waals surface area (Å²) in [6, 6.07) is 8.33. The molecule has 6 heteroatoms. The van der Waals surface area contributed by atoms with Crippen molar-refractivity contribution in [2.24, 2.45) is 0 Å². The Balaban J connectivity index is 1.95. The number of benzene rings is 1. The normalized spacial score (nSPS) is 21.1. The molecule has 1 N–H and O–H groups in total. The summed E-state index contributed by atoms with van der Waals surface area (Å²) < 4.78 is 13.4. The molecule has 1 fully saturated rings. The fraction of sp³-hybridized carbons (Fsp3) is 0.529. The zero-order valence-electron chi connectivity index (χ0n) is 13.3. The number of hydrogen-bond acceptors (Lipinski definition) is 4. The maximum Gasteiger partial charge on any atom is 0.223 e. The van der Waals surface area contributed by atoms with Gasteiger partial charge in [-0.3, -0.25) is 9.69 Å². The molecular formula is C17H22FN3O2. The Morgan fingerprint density at radius 2 is 2.35 bits per heavy atom. The van der Waals surface area contributed by atoms with Gasteiger partial charge in [0.15, 0.2) is 0 Å². The molecule has 0 spiro atoms. The van der Waals surface area contributed by atoms with Crippen LogP contribution in [0.3, 0.4) is 0 Å². The highest BCUT2D eigenvalue weighted by Gasteiger charge is 2.32. The number of β-amino-alcohol motifs (C(OH)–C–C–N with tert-alkyl or cyclic N) is 1. The third-order valence-corrected chi connectivity index (χ3v) is 4.21. The van der Waals surface area contributed by atoms with Gasteiger partial charge in [-0.25, -0.2) is 4.39 Å². The first kappa shape index (κ1) is 17.4. The van der Waals surface area contributed by atoms with Crippen LogP contribution in [0.5, 0.6) is 0 Å². The molecule has 1 saturated heterocycles. The minimum absolute atomic E-state index is 0.0281. The van der Waals surface area contributed by atoms with Crippen molar-refractivity contribution in [1.82, 2.24) is 9.80 Å². The summed E-state index contributed by atoms with van der Waals surface area (Å²) in [6.07, 6.45) is 0.716. The Bertz CT molecular complexity index is 587. The first-order chi connectivity index (χ1) is 11.0. The molecule has 0 aliphatic carbocycles. The van der Waals surface area contributed by atoms with Gasteiger partial charge < -0.3 is 10.0 Å². The largest absolute Gasteiger partial charge is 0.392 e. The third kappa shape index (κ3) is 4.75. The van der Waals surface area contributed by atoms with Crippen LogP contribution < -0.4 is 0 Å². The number of nitriles is 1. The maximum absolute atomic E-state index is 13.4. The Labute approximate surface area is 135 Å². The highest BCUT2D eigenvalue weighted by atomic mass is 19.1. The van der Waals surface area contributed by atoms with Gasteiger partial charge in [-0.1, -0.05) is 12.1 Å². The standard InChI is InChI=1S/C17H22FN3O2/c1-20(8-3-7-19)17(23)6-9-21-12-15(22)11-16(21)13-4-2-5-14(18)10-13/h2,4-5,10,15-16,22H,3,6,8-9,11-12H2,1H3. The summed E-state index contributed by atoms with van der Waals surface area (Å²) in [5.74, 6) is -0.323. The van der Waals surface area contributed by atoms with Crippen LogP contribution in [0.4, 0.5) is 4.39 Å². The van der Waals surface area contributed by atoms with E-state index < -0.39 is 6.10 Å². The average molecular weight is 319 g/mol. The van der Waals surface area contributed by atoms with Crippen LogP contribution in [0.2, 0.25) is 0 Å². The van der Waals surface area contributed by atoms with Crippen LogP contribution in [0.15, 0.2) is 24.3 Å². The minimum atomic E-state index is -0.463. The number of halogens is 1. The van der Waals surface area contributed by atoms with Crippen molar-refractivity contribution in [2.75, 3.05) is 26.7 Å². The molecule has 5 nitrogen and oxygen atoms in total. The average Bonchev–Trinajstić information content (AvgIpc) is 2.91. The highest BCUT2D eigenvalue weighted by molar-refractivity contribution is 5.76. The maximum atomic E-state index is 13.4. The molecular weight excluding hydrogens is 297 g/mol. The van der Waals surface area contributed by atoms with Crippen LogP contribution >= 0.6 is 0 Å². The van der Waals surface area contributed by atoms with Gasteiger partial charge in [-0.05, 0) is 24.1 Å². The van der Waals surface area contributed by atoms with E-state index in [2.05, 4.69) is 0 Å². The third-order valence-electron chi connectivity index (χ3n) is 4.21.